The van der Waals surface area contributed by atoms with Crippen molar-refractivity contribution in [1.29, 1.82) is 0 Å². The molecule has 1 saturated heterocycles. The average Bonchev–Trinajstić information content (AvgIpc) is 3.18. The quantitative estimate of drug-likeness (QED) is 0.669. The number of nitrogens with zero attached hydrogens (tertiary/aromatic N) is 2. The molecule has 0 bridgehead atoms. The van der Waals surface area contributed by atoms with Gasteiger partial charge in [-0.05, 0) is 30.5 Å². The molecular formula is C22H23N3O4. The van der Waals surface area contributed by atoms with Gasteiger partial charge >= 0.3 is 5.97 Å². The number of carboxylic acid groups (broad SMARTS) is 1. The van der Waals surface area contributed by atoms with Crippen molar-refractivity contribution in [2.24, 2.45) is 5.92 Å². The number of hydrogen-bond acceptors (Lipinski definition) is 5. The number of carbonyl (C=O) groups excluding carboxylic acids is 1. The highest BCUT2D eigenvalue weighted by Gasteiger charge is 2.30. The first-order chi connectivity index (χ1) is 14.1. The third-order valence-electron chi connectivity index (χ3n) is 5.32. The second-order valence-electron chi connectivity index (χ2n) is 7.31. The predicted octanol–water partition coefficient (Wildman–Crippen LogP) is 2.86. The highest BCUT2D eigenvalue weighted by atomic mass is 16.4. The molecule has 4 rings (SSSR count). The van der Waals surface area contributed by atoms with Gasteiger partial charge in [-0.2, -0.15) is 4.98 Å². The fraction of sp³-hybridized carbons (Fsp3) is 0.318. The number of nitrogens with one attached hydrogen (secondary N) is 1. The van der Waals surface area contributed by atoms with E-state index in [1.165, 1.54) is 0 Å². The van der Waals surface area contributed by atoms with E-state index in [4.69, 9.17) is 4.42 Å². The maximum absolute atomic E-state index is 12.7. The van der Waals surface area contributed by atoms with Crippen LogP contribution in [-0.4, -0.2) is 41.1 Å². The van der Waals surface area contributed by atoms with Gasteiger partial charge in [0.05, 0.1) is 0 Å². The molecule has 0 saturated carbocycles. The summed E-state index contributed by atoms with van der Waals surface area (Å²) in [5.41, 5.74) is 2.44. The molecule has 1 atom stereocenters. The van der Waals surface area contributed by atoms with Crippen molar-refractivity contribution in [2.45, 2.75) is 25.3 Å². The number of aliphatic carboxylic acids is 1. The molecule has 2 N–H and O–H groups in total. The molecule has 0 spiro atoms. The van der Waals surface area contributed by atoms with Crippen molar-refractivity contribution in [3.05, 3.63) is 60.2 Å². The second kappa shape index (κ2) is 8.34. The first kappa shape index (κ1) is 19.0. The number of para-hydroxylation sites is 2. The van der Waals surface area contributed by atoms with Crippen molar-refractivity contribution in [2.75, 3.05) is 18.0 Å². The molecular weight excluding hydrogens is 370 g/mol. The molecule has 29 heavy (non-hydrogen) atoms. The van der Waals surface area contributed by atoms with E-state index < -0.39 is 12.0 Å². The Morgan fingerprint density at radius 2 is 1.79 bits per heavy atom. The van der Waals surface area contributed by atoms with E-state index >= 15 is 0 Å². The van der Waals surface area contributed by atoms with E-state index in [1.807, 2.05) is 59.5 Å². The third kappa shape index (κ3) is 4.39. The Balaban J connectivity index is 1.34. The van der Waals surface area contributed by atoms with Crippen LogP contribution in [0, 0.1) is 5.92 Å². The Morgan fingerprint density at radius 3 is 2.48 bits per heavy atom. The van der Waals surface area contributed by atoms with Crippen LogP contribution >= 0.6 is 0 Å². The molecule has 7 nitrogen and oxygen atoms in total. The standard InChI is InChI=1S/C22H23N3O4/c26-20(23-18(21(27)28)14-15-6-2-1-3-7-15)16-10-12-25(13-11-16)22-24-17-8-4-5-9-19(17)29-22/h1-9,16,18H,10-14H2,(H,23,26)(H,27,28)/t18-/m1/s1. The predicted molar refractivity (Wildman–Crippen MR) is 109 cm³/mol. The number of benzene rings is 2. The Hall–Kier alpha value is -3.35. The number of fused-ring (bicyclic) bond motifs is 1. The summed E-state index contributed by atoms with van der Waals surface area (Å²) < 4.78 is 5.80. The monoisotopic (exact) mass is 393 g/mol. The van der Waals surface area contributed by atoms with Gasteiger partial charge in [0.15, 0.2) is 5.58 Å². The van der Waals surface area contributed by atoms with E-state index in [0.717, 1.165) is 16.7 Å². The summed E-state index contributed by atoms with van der Waals surface area (Å²) in [6.07, 6.45) is 1.52. The van der Waals surface area contributed by atoms with Crippen LogP contribution in [0.25, 0.3) is 11.1 Å². The second-order valence-corrected chi connectivity index (χ2v) is 7.31. The smallest absolute Gasteiger partial charge is 0.326 e. The minimum atomic E-state index is -1.02. The highest BCUT2D eigenvalue weighted by Crippen LogP contribution is 2.26. The molecule has 150 valence electrons. The van der Waals surface area contributed by atoms with Crippen LogP contribution in [0.1, 0.15) is 18.4 Å². The van der Waals surface area contributed by atoms with E-state index in [0.29, 0.717) is 31.9 Å². The Kier molecular flexibility index (Phi) is 5.46. The SMILES string of the molecule is O=C(N[C@H](Cc1ccccc1)C(=O)O)C1CCN(c2nc3ccccc3o2)CC1. The van der Waals surface area contributed by atoms with Gasteiger partial charge in [-0.25, -0.2) is 4.79 Å². The van der Waals surface area contributed by atoms with Crippen LogP contribution in [0.4, 0.5) is 6.01 Å². The lowest BCUT2D eigenvalue weighted by Crippen LogP contribution is -2.47. The molecule has 3 aromatic rings. The van der Waals surface area contributed by atoms with Crippen molar-refractivity contribution >= 4 is 29.0 Å². The minimum absolute atomic E-state index is 0.203. The van der Waals surface area contributed by atoms with Gasteiger partial charge in [-0.15, -0.1) is 0 Å². The molecule has 2 heterocycles. The lowest BCUT2D eigenvalue weighted by atomic mass is 9.95. The highest BCUT2D eigenvalue weighted by molar-refractivity contribution is 5.85. The van der Waals surface area contributed by atoms with Crippen LogP contribution in [-0.2, 0) is 16.0 Å². The van der Waals surface area contributed by atoms with Gasteiger partial charge < -0.3 is 19.7 Å². The molecule has 1 fully saturated rings. The fourth-order valence-electron chi connectivity index (χ4n) is 3.67. The van der Waals surface area contributed by atoms with E-state index in [9.17, 15) is 14.7 Å². The van der Waals surface area contributed by atoms with Crippen molar-refractivity contribution in [3.63, 3.8) is 0 Å². The van der Waals surface area contributed by atoms with Crippen molar-refractivity contribution in [3.8, 4) is 0 Å². The average molecular weight is 393 g/mol. The molecule has 1 aromatic heterocycles. The molecule has 0 radical (unpaired) electrons. The minimum Gasteiger partial charge on any atom is -0.480 e. The summed E-state index contributed by atoms with van der Waals surface area (Å²) in [7, 11) is 0. The van der Waals surface area contributed by atoms with Crippen LogP contribution in [0.3, 0.4) is 0 Å². The Labute approximate surface area is 168 Å². The van der Waals surface area contributed by atoms with Gasteiger partial charge in [0.2, 0.25) is 5.91 Å². The number of rotatable bonds is 6. The molecule has 1 amide bonds. The summed E-state index contributed by atoms with van der Waals surface area (Å²) in [6.45, 7) is 1.28. The van der Waals surface area contributed by atoms with Crippen molar-refractivity contribution < 1.29 is 19.1 Å². The number of oxazole rings is 1. The molecule has 7 heteroatoms. The molecule has 2 aromatic carbocycles. The number of anilines is 1. The number of aromatic nitrogens is 1. The molecule has 1 aliphatic heterocycles. The molecule has 0 unspecified atom stereocenters. The maximum atomic E-state index is 12.7. The van der Waals surface area contributed by atoms with Crippen molar-refractivity contribution in [1.82, 2.24) is 10.3 Å². The number of amides is 1. The van der Waals surface area contributed by atoms with Gasteiger partial charge in [0.1, 0.15) is 11.6 Å². The number of hydrogen-bond donors (Lipinski definition) is 2. The van der Waals surface area contributed by atoms with Gasteiger partial charge in [0.25, 0.3) is 6.01 Å². The van der Waals surface area contributed by atoms with E-state index in [1.54, 1.807) is 0 Å². The Bertz CT molecular complexity index is 960. The normalized spacial score (nSPS) is 15.9. The van der Waals surface area contributed by atoms with Crippen LogP contribution < -0.4 is 10.2 Å². The van der Waals surface area contributed by atoms with Crippen LogP contribution in [0.5, 0.6) is 0 Å². The summed E-state index contributed by atoms with van der Waals surface area (Å²) in [4.78, 5) is 30.8. The number of carboxylic acids is 1. The lowest BCUT2D eigenvalue weighted by Gasteiger charge is -2.30. The van der Waals surface area contributed by atoms with Gasteiger partial charge in [-0.1, -0.05) is 42.5 Å². The zero-order valence-corrected chi connectivity index (χ0v) is 16.0. The number of piperidine rings is 1. The van der Waals surface area contributed by atoms with Gasteiger partial charge in [-0.3, -0.25) is 4.79 Å². The lowest BCUT2D eigenvalue weighted by molar-refractivity contribution is -0.142. The first-order valence-corrected chi connectivity index (χ1v) is 9.78. The van der Waals surface area contributed by atoms with E-state index in [-0.39, 0.29) is 18.2 Å². The summed E-state index contributed by atoms with van der Waals surface area (Å²) in [5.74, 6) is -1.44. The van der Waals surface area contributed by atoms with Crippen LogP contribution in [0.15, 0.2) is 59.0 Å². The maximum Gasteiger partial charge on any atom is 0.326 e. The summed E-state index contributed by atoms with van der Waals surface area (Å²) in [6, 6.07) is 16.6. The zero-order chi connectivity index (χ0) is 20.2. The third-order valence-corrected chi connectivity index (χ3v) is 5.32. The largest absolute Gasteiger partial charge is 0.480 e. The molecule has 0 aliphatic carbocycles. The first-order valence-electron chi connectivity index (χ1n) is 9.78. The Morgan fingerprint density at radius 1 is 1.10 bits per heavy atom. The molecule has 1 aliphatic rings. The zero-order valence-electron chi connectivity index (χ0n) is 16.0. The van der Waals surface area contributed by atoms with Crippen LogP contribution in [0.2, 0.25) is 0 Å². The van der Waals surface area contributed by atoms with E-state index in [2.05, 4.69) is 10.3 Å². The number of carbonyl (C=O) groups is 2. The fourth-order valence-corrected chi connectivity index (χ4v) is 3.67. The topological polar surface area (TPSA) is 95.7 Å². The van der Waals surface area contributed by atoms with Gasteiger partial charge in [0, 0.05) is 25.4 Å². The summed E-state index contributed by atoms with van der Waals surface area (Å²) in [5, 5.41) is 12.2. The summed E-state index contributed by atoms with van der Waals surface area (Å²) >= 11 is 0.